The van der Waals surface area contributed by atoms with Gasteiger partial charge in [-0.1, -0.05) is 0 Å². The zero-order valence-electron chi connectivity index (χ0n) is 16.1. The van der Waals surface area contributed by atoms with Crippen LogP contribution in [0.5, 0.6) is 0 Å². The molecule has 1 aromatic heterocycles. The first kappa shape index (κ1) is 19.1. The number of benzene rings is 1. The van der Waals surface area contributed by atoms with Crippen LogP contribution in [0.25, 0.3) is 11.3 Å². The van der Waals surface area contributed by atoms with Crippen molar-refractivity contribution >= 4 is 11.8 Å². The molecular weight excluding hydrogens is 345 g/mol. The molecule has 0 saturated carbocycles. The lowest BCUT2D eigenvalue weighted by atomic mass is 10.1. The van der Waals surface area contributed by atoms with Crippen LogP contribution < -0.4 is 10.2 Å². The number of pyridine rings is 1. The SMILES string of the molecule is CC(C)(C)OC(=O)NCc1cnc(-c2ccc(F)cc2)cc1N1CCCC1. The molecule has 1 N–H and O–H groups in total. The van der Waals surface area contributed by atoms with Gasteiger partial charge in [0.05, 0.1) is 5.69 Å². The molecule has 1 aliphatic heterocycles. The predicted octanol–water partition coefficient (Wildman–Crippen LogP) is 4.51. The Hall–Kier alpha value is -2.63. The lowest BCUT2D eigenvalue weighted by molar-refractivity contribution is 0.0523. The summed E-state index contributed by atoms with van der Waals surface area (Å²) in [5.74, 6) is -0.267. The van der Waals surface area contributed by atoms with E-state index < -0.39 is 11.7 Å². The summed E-state index contributed by atoms with van der Waals surface area (Å²) in [4.78, 5) is 18.8. The molecule has 1 aliphatic rings. The van der Waals surface area contributed by atoms with E-state index in [0.29, 0.717) is 6.54 Å². The van der Waals surface area contributed by atoms with E-state index in [-0.39, 0.29) is 5.82 Å². The normalized spacial score (nSPS) is 14.3. The molecule has 0 spiro atoms. The molecule has 0 atom stereocenters. The molecule has 1 saturated heterocycles. The van der Waals surface area contributed by atoms with E-state index in [4.69, 9.17) is 4.74 Å². The Morgan fingerprint density at radius 2 is 1.89 bits per heavy atom. The molecule has 0 bridgehead atoms. The number of amides is 1. The van der Waals surface area contributed by atoms with Gasteiger partial charge in [-0.25, -0.2) is 9.18 Å². The van der Waals surface area contributed by atoms with Crippen LogP contribution in [-0.4, -0.2) is 29.8 Å². The summed E-state index contributed by atoms with van der Waals surface area (Å²) in [7, 11) is 0. The Kier molecular flexibility index (Phi) is 5.63. The fourth-order valence-electron chi connectivity index (χ4n) is 3.12. The number of nitrogens with zero attached hydrogens (tertiary/aromatic N) is 2. The minimum atomic E-state index is -0.535. The van der Waals surface area contributed by atoms with Gasteiger partial charge in [0.2, 0.25) is 0 Å². The quantitative estimate of drug-likeness (QED) is 0.859. The largest absolute Gasteiger partial charge is 0.444 e. The fraction of sp³-hybridized carbons (Fsp3) is 0.429. The van der Waals surface area contributed by atoms with Crippen molar-refractivity contribution in [2.45, 2.75) is 45.8 Å². The van der Waals surface area contributed by atoms with Gasteiger partial charge in [0.15, 0.2) is 0 Å². The molecule has 0 unspecified atom stereocenters. The molecular formula is C21H26FN3O2. The average molecular weight is 371 g/mol. The first-order chi connectivity index (χ1) is 12.8. The summed E-state index contributed by atoms with van der Waals surface area (Å²) in [5.41, 5.74) is 3.11. The van der Waals surface area contributed by atoms with Gasteiger partial charge in [-0.05, 0) is 63.9 Å². The molecule has 6 heteroatoms. The van der Waals surface area contributed by atoms with E-state index >= 15 is 0 Å². The highest BCUT2D eigenvalue weighted by molar-refractivity contribution is 5.70. The van der Waals surface area contributed by atoms with Crippen molar-refractivity contribution in [3.8, 4) is 11.3 Å². The highest BCUT2D eigenvalue weighted by Crippen LogP contribution is 2.29. The van der Waals surface area contributed by atoms with Gasteiger partial charge in [0.25, 0.3) is 0 Å². The third kappa shape index (κ3) is 5.18. The number of hydrogen-bond acceptors (Lipinski definition) is 4. The fourth-order valence-corrected chi connectivity index (χ4v) is 3.12. The number of halogens is 1. The van der Waals surface area contributed by atoms with Crippen LogP contribution in [0.4, 0.5) is 14.9 Å². The summed E-state index contributed by atoms with van der Waals surface area (Å²) in [6, 6.07) is 8.34. The van der Waals surface area contributed by atoms with E-state index in [0.717, 1.165) is 48.4 Å². The highest BCUT2D eigenvalue weighted by atomic mass is 19.1. The molecule has 1 aromatic carbocycles. The molecule has 1 fully saturated rings. The summed E-state index contributed by atoms with van der Waals surface area (Å²) in [6.45, 7) is 7.81. The first-order valence-electron chi connectivity index (χ1n) is 9.28. The zero-order valence-corrected chi connectivity index (χ0v) is 16.1. The van der Waals surface area contributed by atoms with E-state index in [9.17, 15) is 9.18 Å². The number of aromatic nitrogens is 1. The van der Waals surface area contributed by atoms with Crippen LogP contribution in [0.15, 0.2) is 36.5 Å². The van der Waals surface area contributed by atoms with Gasteiger partial charge in [-0.15, -0.1) is 0 Å². The second kappa shape index (κ2) is 7.94. The van der Waals surface area contributed by atoms with Crippen LogP contribution in [-0.2, 0) is 11.3 Å². The molecule has 2 heterocycles. The van der Waals surface area contributed by atoms with E-state index in [1.54, 1.807) is 18.3 Å². The Bertz CT molecular complexity index is 794. The molecule has 3 rings (SSSR count). The van der Waals surface area contributed by atoms with E-state index in [2.05, 4.69) is 15.2 Å². The van der Waals surface area contributed by atoms with E-state index in [1.165, 1.54) is 12.1 Å². The van der Waals surface area contributed by atoms with E-state index in [1.807, 2.05) is 26.8 Å². The van der Waals surface area contributed by atoms with Crippen LogP contribution in [0.1, 0.15) is 39.2 Å². The lowest BCUT2D eigenvalue weighted by Crippen LogP contribution is -2.32. The van der Waals surface area contributed by atoms with Crippen LogP contribution in [0.2, 0.25) is 0 Å². The third-order valence-electron chi connectivity index (χ3n) is 4.37. The Morgan fingerprint density at radius 1 is 1.22 bits per heavy atom. The zero-order chi connectivity index (χ0) is 19.4. The van der Waals surface area contributed by atoms with Crippen LogP contribution >= 0.6 is 0 Å². The summed E-state index contributed by atoms with van der Waals surface area (Å²) < 4.78 is 18.5. The van der Waals surface area contributed by atoms with Gasteiger partial charge >= 0.3 is 6.09 Å². The third-order valence-corrected chi connectivity index (χ3v) is 4.37. The second-order valence-corrected chi connectivity index (χ2v) is 7.75. The number of hydrogen-bond donors (Lipinski definition) is 1. The number of carbonyl (C=O) groups excluding carboxylic acids is 1. The molecule has 2 aromatic rings. The van der Waals surface area contributed by atoms with Crippen molar-refractivity contribution in [1.29, 1.82) is 0 Å². The topological polar surface area (TPSA) is 54.5 Å². The Labute approximate surface area is 159 Å². The van der Waals surface area contributed by atoms with Crippen molar-refractivity contribution in [3.05, 3.63) is 47.9 Å². The maximum atomic E-state index is 13.2. The smallest absolute Gasteiger partial charge is 0.407 e. The second-order valence-electron chi connectivity index (χ2n) is 7.75. The minimum absolute atomic E-state index is 0.267. The standard InChI is InChI=1S/C21H26FN3O2/c1-21(2,3)27-20(26)24-14-16-13-23-18(15-6-8-17(22)9-7-15)12-19(16)25-10-4-5-11-25/h6-9,12-13H,4-5,10-11,14H2,1-3H3,(H,24,26). The summed E-state index contributed by atoms with van der Waals surface area (Å²) >= 11 is 0. The molecule has 0 aliphatic carbocycles. The first-order valence-corrected chi connectivity index (χ1v) is 9.28. The highest BCUT2D eigenvalue weighted by Gasteiger charge is 2.19. The predicted molar refractivity (Wildman–Crippen MR) is 104 cm³/mol. The Morgan fingerprint density at radius 3 is 2.52 bits per heavy atom. The summed E-state index contributed by atoms with van der Waals surface area (Å²) in [6.07, 6.45) is 3.63. The van der Waals surface area contributed by atoms with Crippen molar-refractivity contribution in [2.75, 3.05) is 18.0 Å². The summed E-state index contributed by atoms with van der Waals surface area (Å²) in [5, 5.41) is 2.81. The van der Waals surface area contributed by atoms with Gasteiger partial charge in [-0.2, -0.15) is 0 Å². The molecule has 0 radical (unpaired) electrons. The van der Waals surface area contributed by atoms with Gasteiger partial charge < -0.3 is 15.0 Å². The molecule has 1 amide bonds. The average Bonchev–Trinajstić information content (AvgIpc) is 3.13. The Balaban J connectivity index is 1.82. The van der Waals surface area contributed by atoms with Crippen LogP contribution in [0.3, 0.4) is 0 Å². The number of carbonyl (C=O) groups is 1. The molecule has 144 valence electrons. The molecule has 5 nitrogen and oxygen atoms in total. The minimum Gasteiger partial charge on any atom is -0.444 e. The maximum absolute atomic E-state index is 13.2. The van der Waals surface area contributed by atoms with Gasteiger partial charge in [0.1, 0.15) is 11.4 Å². The van der Waals surface area contributed by atoms with Gasteiger partial charge in [0, 0.05) is 42.6 Å². The van der Waals surface area contributed by atoms with Gasteiger partial charge in [-0.3, -0.25) is 4.98 Å². The lowest BCUT2D eigenvalue weighted by Gasteiger charge is -2.23. The number of ether oxygens (including phenoxy) is 1. The number of anilines is 1. The van der Waals surface area contributed by atoms with Crippen molar-refractivity contribution in [1.82, 2.24) is 10.3 Å². The maximum Gasteiger partial charge on any atom is 0.407 e. The van der Waals surface area contributed by atoms with Crippen molar-refractivity contribution in [3.63, 3.8) is 0 Å². The van der Waals surface area contributed by atoms with Crippen molar-refractivity contribution < 1.29 is 13.9 Å². The monoisotopic (exact) mass is 371 g/mol. The van der Waals surface area contributed by atoms with Crippen molar-refractivity contribution in [2.24, 2.45) is 0 Å². The number of rotatable bonds is 4. The van der Waals surface area contributed by atoms with Crippen LogP contribution in [0, 0.1) is 5.82 Å². The molecule has 27 heavy (non-hydrogen) atoms. The number of nitrogens with one attached hydrogen (secondary N) is 1. The number of alkyl carbamates (subject to hydrolysis) is 1.